The first kappa shape index (κ1) is 13.8. The van der Waals surface area contributed by atoms with Crippen molar-refractivity contribution in [1.29, 1.82) is 0 Å². The molecule has 0 radical (unpaired) electrons. The number of nitrogens with zero attached hydrogens (tertiary/aromatic N) is 3. The molecule has 2 heterocycles. The molecule has 2 rings (SSSR count). The zero-order valence-corrected chi connectivity index (χ0v) is 11.1. The second kappa shape index (κ2) is 6.49. The van der Waals surface area contributed by atoms with E-state index in [2.05, 4.69) is 9.88 Å². The minimum atomic E-state index is -0.106. The van der Waals surface area contributed by atoms with Gasteiger partial charge in [-0.1, -0.05) is 0 Å². The van der Waals surface area contributed by atoms with Crippen LogP contribution in [0.5, 0.6) is 0 Å². The maximum absolute atomic E-state index is 12.1. The second-order valence-corrected chi connectivity index (χ2v) is 4.45. The average Bonchev–Trinajstić information content (AvgIpc) is 2.48. The zero-order chi connectivity index (χ0) is 13.7. The Bertz CT molecular complexity index is 433. The van der Waals surface area contributed by atoms with Gasteiger partial charge in [-0.05, 0) is 12.1 Å². The van der Waals surface area contributed by atoms with Crippen LogP contribution in [0.15, 0.2) is 18.3 Å². The number of ether oxygens (including phenoxy) is 1. The van der Waals surface area contributed by atoms with Gasteiger partial charge in [0.1, 0.15) is 5.82 Å². The van der Waals surface area contributed by atoms with Gasteiger partial charge in [0.2, 0.25) is 0 Å². The number of likely N-dealkylation sites (N-methyl/N-ethyl adjacent to an activating group) is 1. The molecular formula is C13H19N3O3. The van der Waals surface area contributed by atoms with Crippen LogP contribution in [0.1, 0.15) is 10.4 Å². The number of rotatable bonds is 4. The van der Waals surface area contributed by atoms with Gasteiger partial charge in [0.15, 0.2) is 0 Å². The molecule has 1 aliphatic heterocycles. The molecule has 19 heavy (non-hydrogen) atoms. The van der Waals surface area contributed by atoms with Crippen LogP contribution in [0.2, 0.25) is 0 Å². The van der Waals surface area contributed by atoms with Crippen LogP contribution in [-0.2, 0) is 4.74 Å². The quantitative estimate of drug-likeness (QED) is 0.829. The third kappa shape index (κ3) is 3.42. The van der Waals surface area contributed by atoms with Gasteiger partial charge in [-0.3, -0.25) is 4.79 Å². The van der Waals surface area contributed by atoms with E-state index in [4.69, 9.17) is 9.84 Å². The number of anilines is 1. The number of aliphatic hydroxyl groups is 1. The highest BCUT2D eigenvalue weighted by molar-refractivity contribution is 5.94. The molecule has 1 aromatic rings. The fraction of sp³-hybridized carbons (Fsp3) is 0.538. The maximum atomic E-state index is 12.1. The lowest BCUT2D eigenvalue weighted by atomic mass is 10.2. The van der Waals surface area contributed by atoms with E-state index in [1.165, 1.54) is 4.90 Å². The van der Waals surface area contributed by atoms with Gasteiger partial charge in [0.25, 0.3) is 5.91 Å². The van der Waals surface area contributed by atoms with Crippen molar-refractivity contribution in [3.05, 3.63) is 23.9 Å². The van der Waals surface area contributed by atoms with Crippen molar-refractivity contribution in [2.24, 2.45) is 0 Å². The van der Waals surface area contributed by atoms with Crippen LogP contribution >= 0.6 is 0 Å². The fourth-order valence-corrected chi connectivity index (χ4v) is 1.99. The standard InChI is InChI=1S/C13H19N3O3/c1-15(4-7-17)13(18)11-2-3-14-12(10-11)16-5-8-19-9-6-16/h2-3,10,17H,4-9H2,1H3. The Hall–Kier alpha value is -1.66. The molecule has 0 aliphatic carbocycles. The Kier molecular flexibility index (Phi) is 4.70. The highest BCUT2D eigenvalue weighted by atomic mass is 16.5. The number of hydrogen-bond acceptors (Lipinski definition) is 5. The summed E-state index contributed by atoms with van der Waals surface area (Å²) >= 11 is 0. The molecule has 1 saturated heterocycles. The lowest BCUT2D eigenvalue weighted by molar-refractivity contribution is 0.0767. The lowest BCUT2D eigenvalue weighted by Crippen LogP contribution is -2.37. The SMILES string of the molecule is CN(CCO)C(=O)c1ccnc(N2CCOCC2)c1. The summed E-state index contributed by atoms with van der Waals surface area (Å²) in [5.41, 5.74) is 0.590. The summed E-state index contributed by atoms with van der Waals surface area (Å²) in [6, 6.07) is 3.49. The van der Waals surface area contributed by atoms with Gasteiger partial charge in [-0.2, -0.15) is 0 Å². The van der Waals surface area contributed by atoms with Crippen molar-refractivity contribution in [2.75, 3.05) is 51.4 Å². The van der Waals surface area contributed by atoms with Crippen molar-refractivity contribution < 1.29 is 14.6 Å². The van der Waals surface area contributed by atoms with Crippen LogP contribution in [0.25, 0.3) is 0 Å². The number of pyridine rings is 1. The van der Waals surface area contributed by atoms with E-state index in [1.54, 1.807) is 25.4 Å². The van der Waals surface area contributed by atoms with Crippen LogP contribution in [0.4, 0.5) is 5.82 Å². The summed E-state index contributed by atoms with van der Waals surface area (Å²) < 4.78 is 5.30. The average molecular weight is 265 g/mol. The molecule has 0 spiro atoms. The molecule has 1 N–H and O–H groups in total. The first-order valence-electron chi connectivity index (χ1n) is 6.37. The molecule has 0 aromatic carbocycles. The predicted molar refractivity (Wildman–Crippen MR) is 71.3 cm³/mol. The molecule has 0 unspecified atom stereocenters. The van der Waals surface area contributed by atoms with E-state index >= 15 is 0 Å². The van der Waals surface area contributed by atoms with Crippen molar-refractivity contribution in [1.82, 2.24) is 9.88 Å². The molecule has 0 saturated carbocycles. The Balaban J connectivity index is 2.12. The number of aliphatic hydroxyl groups excluding tert-OH is 1. The van der Waals surface area contributed by atoms with Crippen LogP contribution in [-0.4, -0.2) is 67.4 Å². The molecular weight excluding hydrogens is 246 g/mol. The van der Waals surface area contributed by atoms with Crippen molar-refractivity contribution in [3.8, 4) is 0 Å². The maximum Gasteiger partial charge on any atom is 0.253 e. The van der Waals surface area contributed by atoms with E-state index in [9.17, 15) is 4.79 Å². The van der Waals surface area contributed by atoms with Gasteiger partial charge in [-0.15, -0.1) is 0 Å². The van der Waals surface area contributed by atoms with Gasteiger partial charge in [-0.25, -0.2) is 4.98 Å². The first-order chi connectivity index (χ1) is 9.22. The Morgan fingerprint density at radius 1 is 1.53 bits per heavy atom. The molecule has 0 bridgehead atoms. The molecule has 0 atom stereocenters. The Labute approximate surface area is 112 Å². The highest BCUT2D eigenvalue weighted by Gasteiger charge is 2.16. The fourth-order valence-electron chi connectivity index (χ4n) is 1.99. The van der Waals surface area contributed by atoms with Crippen molar-refractivity contribution in [2.45, 2.75) is 0 Å². The summed E-state index contributed by atoms with van der Waals surface area (Å²) in [6.07, 6.45) is 1.64. The molecule has 104 valence electrons. The topological polar surface area (TPSA) is 65.9 Å². The first-order valence-corrected chi connectivity index (χ1v) is 6.37. The highest BCUT2D eigenvalue weighted by Crippen LogP contribution is 2.15. The Morgan fingerprint density at radius 2 is 2.26 bits per heavy atom. The molecule has 1 amide bonds. The smallest absolute Gasteiger partial charge is 0.253 e. The number of amides is 1. The number of hydrogen-bond donors (Lipinski definition) is 1. The summed E-state index contributed by atoms with van der Waals surface area (Å²) in [5, 5.41) is 8.86. The number of morpholine rings is 1. The lowest BCUT2D eigenvalue weighted by Gasteiger charge is -2.28. The van der Waals surface area contributed by atoms with Crippen LogP contribution in [0, 0.1) is 0 Å². The van der Waals surface area contributed by atoms with Gasteiger partial charge < -0.3 is 19.6 Å². The third-order valence-electron chi connectivity index (χ3n) is 3.11. The third-order valence-corrected chi connectivity index (χ3v) is 3.11. The Morgan fingerprint density at radius 3 is 2.95 bits per heavy atom. The normalized spacial score (nSPS) is 15.4. The van der Waals surface area contributed by atoms with E-state index in [1.807, 2.05) is 0 Å². The van der Waals surface area contributed by atoms with Gasteiger partial charge >= 0.3 is 0 Å². The van der Waals surface area contributed by atoms with Crippen LogP contribution in [0.3, 0.4) is 0 Å². The minimum Gasteiger partial charge on any atom is -0.395 e. The van der Waals surface area contributed by atoms with Gasteiger partial charge in [0.05, 0.1) is 19.8 Å². The number of carbonyl (C=O) groups is 1. The molecule has 1 fully saturated rings. The molecule has 6 nitrogen and oxygen atoms in total. The van der Waals surface area contributed by atoms with Gasteiger partial charge in [0, 0.05) is 38.4 Å². The largest absolute Gasteiger partial charge is 0.395 e. The minimum absolute atomic E-state index is 0.0381. The van der Waals surface area contributed by atoms with Crippen LogP contribution < -0.4 is 4.90 Å². The summed E-state index contributed by atoms with van der Waals surface area (Å²) in [7, 11) is 1.67. The van der Waals surface area contributed by atoms with E-state index in [-0.39, 0.29) is 12.5 Å². The van der Waals surface area contributed by atoms with Crippen molar-refractivity contribution >= 4 is 11.7 Å². The molecule has 6 heteroatoms. The number of carbonyl (C=O) groups excluding carboxylic acids is 1. The summed E-state index contributed by atoms with van der Waals surface area (Å²) in [5.74, 6) is 0.692. The van der Waals surface area contributed by atoms with Crippen molar-refractivity contribution in [3.63, 3.8) is 0 Å². The van der Waals surface area contributed by atoms with E-state index < -0.39 is 0 Å². The second-order valence-electron chi connectivity index (χ2n) is 4.45. The molecule has 1 aliphatic rings. The zero-order valence-electron chi connectivity index (χ0n) is 11.1. The summed E-state index contributed by atoms with van der Waals surface area (Å²) in [4.78, 5) is 20.0. The molecule has 1 aromatic heterocycles. The summed E-state index contributed by atoms with van der Waals surface area (Å²) in [6.45, 7) is 3.24. The monoisotopic (exact) mass is 265 g/mol. The number of aromatic nitrogens is 1. The predicted octanol–water partition coefficient (Wildman–Crippen LogP) is -0.0175. The van der Waals surface area contributed by atoms with E-state index in [0.717, 1.165) is 18.9 Å². The van der Waals surface area contributed by atoms with E-state index in [0.29, 0.717) is 25.3 Å².